The van der Waals surface area contributed by atoms with Crippen LogP contribution in [0.15, 0.2) is 0 Å². The molecule has 0 heterocycles. The van der Waals surface area contributed by atoms with Crippen molar-refractivity contribution >= 4 is 0 Å². The Labute approximate surface area is 38.2 Å². The summed E-state index contributed by atoms with van der Waals surface area (Å²) in [6.45, 7) is 2.01. The van der Waals surface area contributed by atoms with Gasteiger partial charge in [0.1, 0.15) is 0 Å². The fraction of sp³-hybridized carbons (Fsp3) is 0.750. The second-order valence-corrected chi connectivity index (χ2v) is 1.29. The first kappa shape index (κ1) is 5.92. The summed E-state index contributed by atoms with van der Waals surface area (Å²) in [6, 6.07) is 0.130. The van der Waals surface area contributed by atoms with Crippen molar-refractivity contribution in [1.82, 2.24) is 5.32 Å². The van der Waals surface area contributed by atoms with Crippen molar-refractivity contribution in [1.29, 1.82) is 0 Å². The van der Waals surface area contributed by atoms with Crippen LogP contribution in [0.5, 0.6) is 0 Å². The molecule has 0 aromatic carbocycles. The van der Waals surface area contributed by atoms with E-state index in [1.54, 1.807) is 0 Å². The predicted octanol–water partition coefficient (Wildman–Crippen LogP) is -0.252. The van der Waals surface area contributed by atoms with Crippen LogP contribution in [-0.4, -0.2) is 17.8 Å². The molecule has 0 aliphatic heterocycles. The summed E-state index contributed by atoms with van der Waals surface area (Å²) in [4.78, 5) is 0. The third kappa shape index (κ3) is 2.18. The molecular weight excluding hydrogens is 78.0 g/mol. The molecule has 0 fully saturated rings. The second-order valence-electron chi connectivity index (χ2n) is 1.29. The quantitative estimate of drug-likeness (QED) is 0.488. The Morgan fingerprint density at radius 3 is 2.50 bits per heavy atom. The van der Waals surface area contributed by atoms with Crippen molar-refractivity contribution in [2.45, 2.75) is 13.0 Å². The average molecular weight is 88.1 g/mol. The molecule has 0 amide bonds. The van der Waals surface area contributed by atoms with Gasteiger partial charge in [0.15, 0.2) is 0 Å². The molecule has 1 atom stereocenters. The molecule has 2 nitrogen and oxygen atoms in total. The summed E-state index contributed by atoms with van der Waals surface area (Å²) in [6.07, 6.45) is 0. The zero-order chi connectivity index (χ0) is 4.99. The van der Waals surface area contributed by atoms with Gasteiger partial charge in [0.2, 0.25) is 0 Å². The van der Waals surface area contributed by atoms with Gasteiger partial charge < -0.3 is 10.4 Å². The molecule has 6 heavy (non-hydrogen) atoms. The molecule has 1 radical (unpaired) electrons. The van der Waals surface area contributed by atoms with Gasteiger partial charge in [-0.2, -0.15) is 0 Å². The fourth-order valence-corrected chi connectivity index (χ4v) is 0.0645. The maximum Gasteiger partial charge on any atom is 0.0581 e. The van der Waals surface area contributed by atoms with Gasteiger partial charge in [0, 0.05) is 13.1 Å². The highest BCUT2D eigenvalue weighted by atomic mass is 16.3. The number of aliphatic hydroxyl groups excluding tert-OH is 1. The van der Waals surface area contributed by atoms with Gasteiger partial charge in [0.25, 0.3) is 0 Å². The minimum Gasteiger partial charge on any atom is -0.395 e. The summed E-state index contributed by atoms with van der Waals surface area (Å²) < 4.78 is 0. The monoisotopic (exact) mass is 88.1 g/mol. The zero-order valence-electron chi connectivity index (χ0n) is 3.94. The predicted molar refractivity (Wildman–Crippen MR) is 25.0 cm³/mol. The van der Waals surface area contributed by atoms with E-state index >= 15 is 0 Å². The van der Waals surface area contributed by atoms with Crippen molar-refractivity contribution in [2.24, 2.45) is 0 Å². The minimum atomic E-state index is 0.130. The largest absolute Gasteiger partial charge is 0.395 e. The number of rotatable bonds is 2. The van der Waals surface area contributed by atoms with E-state index in [0.29, 0.717) is 0 Å². The van der Waals surface area contributed by atoms with E-state index in [1.807, 2.05) is 6.92 Å². The lowest BCUT2D eigenvalue weighted by Gasteiger charge is -2.01. The van der Waals surface area contributed by atoms with Crippen molar-refractivity contribution in [3.63, 3.8) is 0 Å². The molecule has 2 heteroatoms. The number of aliphatic hydroxyl groups is 1. The highest BCUT2D eigenvalue weighted by Crippen LogP contribution is 1.71. The Morgan fingerprint density at radius 2 is 2.50 bits per heavy atom. The Bertz CT molecular complexity index is 26.7. The summed E-state index contributed by atoms with van der Waals surface area (Å²) in [5.74, 6) is 0. The molecule has 0 bridgehead atoms. The number of hydrogen-bond acceptors (Lipinski definition) is 2. The summed E-state index contributed by atoms with van der Waals surface area (Å²) >= 11 is 0. The van der Waals surface area contributed by atoms with Crippen molar-refractivity contribution in [3.05, 3.63) is 7.05 Å². The number of hydrogen-bond donors (Lipinski definition) is 2. The molecule has 0 rings (SSSR count). The molecule has 0 spiro atoms. The van der Waals surface area contributed by atoms with Crippen molar-refractivity contribution in [2.75, 3.05) is 6.61 Å². The fourth-order valence-electron chi connectivity index (χ4n) is 0.0645. The highest BCUT2D eigenvalue weighted by Gasteiger charge is 1.88. The van der Waals surface area contributed by atoms with Gasteiger partial charge in [-0.1, -0.05) is 0 Å². The molecule has 37 valence electrons. The highest BCUT2D eigenvalue weighted by molar-refractivity contribution is 4.53. The lowest BCUT2D eigenvalue weighted by atomic mass is 10.4. The SMILES string of the molecule is [CH2]N[C@H](C)CO. The Balaban J connectivity index is 2.75. The summed E-state index contributed by atoms with van der Waals surface area (Å²) in [5, 5.41) is 10.8. The smallest absolute Gasteiger partial charge is 0.0581 e. The van der Waals surface area contributed by atoms with Crippen LogP contribution in [0.4, 0.5) is 0 Å². The van der Waals surface area contributed by atoms with Gasteiger partial charge in [-0.3, -0.25) is 0 Å². The van der Waals surface area contributed by atoms with Crippen molar-refractivity contribution < 1.29 is 5.11 Å². The maximum atomic E-state index is 8.23. The van der Waals surface area contributed by atoms with E-state index < -0.39 is 0 Å². The molecule has 2 N–H and O–H groups in total. The van der Waals surface area contributed by atoms with Crippen LogP contribution in [0.25, 0.3) is 0 Å². The molecular formula is C4H10NO. The first-order valence-electron chi connectivity index (χ1n) is 1.94. The molecule has 0 aliphatic carbocycles. The first-order valence-corrected chi connectivity index (χ1v) is 1.94. The Kier molecular flexibility index (Phi) is 3.08. The van der Waals surface area contributed by atoms with Crippen LogP contribution in [0.1, 0.15) is 6.92 Å². The van der Waals surface area contributed by atoms with Crippen molar-refractivity contribution in [3.8, 4) is 0 Å². The topological polar surface area (TPSA) is 32.3 Å². The van der Waals surface area contributed by atoms with Gasteiger partial charge in [-0.05, 0) is 6.92 Å². The molecule has 0 saturated carbocycles. The molecule has 0 aromatic rings. The second kappa shape index (κ2) is 3.12. The first-order chi connectivity index (χ1) is 2.81. The average Bonchev–Trinajstić information content (AvgIpc) is 1.65. The van der Waals surface area contributed by atoms with Crippen LogP contribution in [0.2, 0.25) is 0 Å². The van der Waals surface area contributed by atoms with Crippen LogP contribution in [0, 0.1) is 7.05 Å². The Hall–Kier alpha value is -0.0800. The van der Waals surface area contributed by atoms with E-state index in [4.69, 9.17) is 5.11 Å². The van der Waals surface area contributed by atoms with Gasteiger partial charge in [0.05, 0.1) is 6.61 Å². The normalized spacial score (nSPS) is 14.5. The van der Waals surface area contributed by atoms with Crippen LogP contribution in [-0.2, 0) is 0 Å². The summed E-state index contributed by atoms with van der Waals surface area (Å²) in [5.41, 5.74) is 0. The van der Waals surface area contributed by atoms with Gasteiger partial charge in [-0.25, -0.2) is 0 Å². The van der Waals surface area contributed by atoms with E-state index in [1.165, 1.54) is 0 Å². The lowest BCUT2D eigenvalue weighted by molar-refractivity contribution is 0.261. The molecule has 0 aromatic heterocycles. The van der Waals surface area contributed by atoms with Crippen LogP contribution >= 0.6 is 0 Å². The third-order valence-electron chi connectivity index (χ3n) is 0.622. The number of nitrogens with one attached hydrogen (secondary N) is 1. The van der Waals surface area contributed by atoms with Crippen LogP contribution < -0.4 is 5.32 Å². The Morgan fingerprint density at radius 1 is 2.00 bits per heavy atom. The van der Waals surface area contributed by atoms with E-state index in [-0.39, 0.29) is 12.6 Å². The third-order valence-corrected chi connectivity index (χ3v) is 0.622. The molecule has 0 unspecified atom stereocenters. The zero-order valence-corrected chi connectivity index (χ0v) is 3.94. The maximum absolute atomic E-state index is 8.23. The van der Waals surface area contributed by atoms with Crippen LogP contribution in [0.3, 0.4) is 0 Å². The molecule has 0 aliphatic rings. The van der Waals surface area contributed by atoms with Gasteiger partial charge in [-0.15, -0.1) is 0 Å². The minimum absolute atomic E-state index is 0.130. The molecule has 0 saturated heterocycles. The van der Waals surface area contributed by atoms with E-state index in [2.05, 4.69) is 12.4 Å². The standard InChI is InChI=1S/C4H10NO/c1-4(3-6)5-2/h4-6H,2-3H2,1H3/t4-/m1/s1. The van der Waals surface area contributed by atoms with Gasteiger partial charge >= 0.3 is 0 Å². The van der Waals surface area contributed by atoms with E-state index in [9.17, 15) is 0 Å². The summed E-state index contributed by atoms with van der Waals surface area (Å²) in [7, 11) is 3.35. The van der Waals surface area contributed by atoms with E-state index in [0.717, 1.165) is 0 Å². The lowest BCUT2D eigenvalue weighted by Crippen LogP contribution is -2.22.